The number of aliphatic carboxylic acids is 1. The molecule has 1 atom stereocenters. The minimum absolute atomic E-state index is 0.369. The molecule has 0 aliphatic heterocycles. The first-order chi connectivity index (χ1) is 7.43. The van der Waals surface area contributed by atoms with Crippen molar-refractivity contribution in [2.75, 3.05) is 0 Å². The van der Waals surface area contributed by atoms with Crippen LogP contribution >= 0.6 is 0 Å². The molecule has 0 spiro atoms. The monoisotopic (exact) mass is 228 g/mol. The molecule has 3 heteroatoms. The number of carbonyl (C=O) groups is 1. The smallest absolute Gasteiger partial charge is 0.306 e. The molecule has 2 N–H and O–H groups in total. The van der Waals surface area contributed by atoms with Crippen LogP contribution in [0.25, 0.3) is 0 Å². The van der Waals surface area contributed by atoms with Crippen molar-refractivity contribution in [1.82, 2.24) is 0 Å². The Morgan fingerprint density at radius 1 is 1.25 bits per heavy atom. The largest absolute Gasteiger partial charge is 0.481 e. The second-order valence-electron chi connectivity index (χ2n) is 5.65. The Kier molecular flexibility index (Phi) is 4.78. The molecule has 0 amide bonds. The maximum Gasteiger partial charge on any atom is 0.306 e. The fraction of sp³-hybridized carbons (Fsp3) is 0.923. The van der Waals surface area contributed by atoms with Gasteiger partial charge < -0.3 is 10.2 Å². The zero-order chi connectivity index (χ0) is 12.2. The lowest BCUT2D eigenvalue weighted by molar-refractivity contribution is -0.145. The van der Waals surface area contributed by atoms with Gasteiger partial charge in [-0.1, -0.05) is 33.1 Å². The Morgan fingerprint density at radius 2 is 1.81 bits per heavy atom. The van der Waals surface area contributed by atoms with Crippen LogP contribution in [-0.2, 0) is 4.79 Å². The summed E-state index contributed by atoms with van der Waals surface area (Å²) in [5.41, 5.74) is -0.712. The third-order valence-electron chi connectivity index (χ3n) is 3.52. The van der Waals surface area contributed by atoms with E-state index in [4.69, 9.17) is 5.11 Å². The molecule has 1 unspecified atom stereocenters. The summed E-state index contributed by atoms with van der Waals surface area (Å²) >= 11 is 0. The average Bonchev–Trinajstić information content (AvgIpc) is 2.16. The number of carboxylic acids is 1. The van der Waals surface area contributed by atoms with Gasteiger partial charge in [-0.25, -0.2) is 0 Å². The lowest BCUT2D eigenvalue weighted by Gasteiger charge is -2.34. The predicted molar refractivity (Wildman–Crippen MR) is 63.2 cm³/mol. The van der Waals surface area contributed by atoms with E-state index in [0.29, 0.717) is 18.8 Å². The molecule has 0 aromatic rings. The molecule has 1 aliphatic carbocycles. The minimum atomic E-state index is -0.757. The van der Waals surface area contributed by atoms with Gasteiger partial charge in [0.1, 0.15) is 0 Å². The highest BCUT2D eigenvalue weighted by atomic mass is 16.4. The topological polar surface area (TPSA) is 57.5 Å². The van der Waals surface area contributed by atoms with Crippen molar-refractivity contribution < 1.29 is 15.0 Å². The van der Waals surface area contributed by atoms with Crippen molar-refractivity contribution in [2.24, 2.45) is 11.8 Å². The predicted octanol–water partition coefficient (Wildman–Crippen LogP) is 2.82. The summed E-state index contributed by atoms with van der Waals surface area (Å²) in [6.07, 6.45) is 5.88. The third kappa shape index (κ3) is 4.12. The Labute approximate surface area is 97.9 Å². The summed E-state index contributed by atoms with van der Waals surface area (Å²) < 4.78 is 0. The van der Waals surface area contributed by atoms with Gasteiger partial charge >= 0.3 is 5.97 Å². The number of rotatable bonds is 5. The van der Waals surface area contributed by atoms with Gasteiger partial charge in [-0.3, -0.25) is 4.79 Å². The van der Waals surface area contributed by atoms with Crippen molar-refractivity contribution in [3.8, 4) is 0 Å². The van der Waals surface area contributed by atoms with Gasteiger partial charge in [0.15, 0.2) is 0 Å². The highest BCUT2D eigenvalue weighted by Crippen LogP contribution is 2.35. The van der Waals surface area contributed by atoms with Gasteiger partial charge in [0, 0.05) is 0 Å². The molecule has 1 aliphatic rings. The van der Waals surface area contributed by atoms with E-state index in [-0.39, 0.29) is 5.92 Å². The van der Waals surface area contributed by atoms with Crippen LogP contribution in [0.3, 0.4) is 0 Å². The standard InChI is InChI=1S/C13H24O3/c1-10(2)8-11(12(14)15)9-13(16)6-4-3-5-7-13/h10-11,16H,3-9H2,1-2H3,(H,14,15). The first-order valence-corrected chi connectivity index (χ1v) is 6.38. The molecule has 0 radical (unpaired) electrons. The van der Waals surface area contributed by atoms with E-state index < -0.39 is 11.6 Å². The Balaban J connectivity index is 2.55. The molecule has 0 aromatic carbocycles. The minimum Gasteiger partial charge on any atom is -0.481 e. The van der Waals surface area contributed by atoms with E-state index >= 15 is 0 Å². The van der Waals surface area contributed by atoms with Gasteiger partial charge in [-0.2, -0.15) is 0 Å². The number of hydrogen-bond acceptors (Lipinski definition) is 2. The van der Waals surface area contributed by atoms with Crippen LogP contribution in [0, 0.1) is 11.8 Å². The summed E-state index contributed by atoms with van der Waals surface area (Å²) in [5, 5.41) is 19.5. The van der Waals surface area contributed by atoms with Crippen LogP contribution < -0.4 is 0 Å². The molecule has 94 valence electrons. The van der Waals surface area contributed by atoms with Crippen LogP contribution in [0.1, 0.15) is 58.8 Å². The summed E-state index contributed by atoms with van der Waals surface area (Å²) in [4.78, 5) is 11.1. The van der Waals surface area contributed by atoms with Gasteiger partial charge in [0.25, 0.3) is 0 Å². The molecular formula is C13H24O3. The average molecular weight is 228 g/mol. The normalized spacial score (nSPS) is 22.0. The summed E-state index contributed by atoms with van der Waals surface area (Å²) in [7, 11) is 0. The maximum atomic E-state index is 11.1. The van der Waals surface area contributed by atoms with E-state index in [1.807, 2.05) is 13.8 Å². The second kappa shape index (κ2) is 5.67. The summed E-state index contributed by atoms with van der Waals surface area (Å²) in [6, 6.07) is 0. The first kappa shape index (κ1) is 13.5. The van der Waals surface area contributed by atoms with E-state index in [1.165, 1.54) is 6.42 Å². The number of carboxylic acid groups (broad SMARTS) is 1. The molecule has 0 bridgehead atoms. The van der Waals surface area contributed by atoms with Crippen LogP contribution in [-0.4, -0.2) is 21.8 Å². The van der Waals surface area contributed by atoms with E-state index in [2.05, 4.69) is 0 Å². The Hall–Kier alpha value is -0.570. The second-order valence-corrected chi connectivity index (χ2v) is 5.65. The van der Waals surface area contributed by atoms with Crippen molar-refractivity contribution >= 4 is 5.97 Å². The molecule has 1 fully saturated rings. The zero-order valence-corrected chi connectivity index (χ0v) is 10.4. The third-order valence-corrected chi connectivity index (χ3v) is 3.52. The van der Waals surface area contributed by atoms with Gasteiger partial charge in [0.2, 0.25) is 0 Å². The van der Waals surface area contributed by atoms with Gasteiger partial charge in [0.05, 0.1) is 11.5 Å². The molecule has 0 heterocycles. The number of hydrogen-bond donors (Lipinski definition) is 2. The molecule has 3 nitrogen and oxygen atoms in total. The summed E-state index contributed by atoms with van der Waals surface area (Å²) in [6.45, 7) is 4.06. The molecule has 1 saturated carbocycles. The van der Waals surface area contributed by atoms with Crippen LogP contribution in [0.15, 0.2) is 0 Å². The van der Waals surface area contributed by atoms with Crippen LogP contribution in [0.5, 0.6) is 0 Å². The zero-order valence-electron chi connectivity index (χ0n) is 10.4. The SMILES string of the molecule is CC(C)CC(CC1(O)CCCCC1)C(=O)O. The highest BCUT2D eigenvalue weighted by Gasteiger charge is 2.34. The van der Waals surface area contributed by atoms with E-state index in [9.17, 15) is 9.90 Å². The fourth-order valence-electron chi connectivity index (χ4n) is 2.71. The molecular weight excluding hydrogens is 204 g/mol. The maximum absolute atomic E-state index is 11.1. The lowest BCUT2D eigenvalue weighted by Crippen LogP contribution is -2.36. The van der Waals surface area contributed by atoms with Crippen LogP contribution in [0.2, 0.25) is 0 Å². The fourth-order valence-corrected chi connectivity index (χ4v) is 2.71. The Morgan fingerprint density at radius 3 is 2.25 bits per heavy atom. The molecule has 0 aromatic heterocycles. The van der Waals surface area contributed by atoms with Crippen molar-refractivity contribution in [3.05, 3.63) is 0 Å². The first-order valence-electron chi connectivity index (χ1n) is 6.38. The quantitative estimate of drug-likeness (QED) is 0.760. The highest BCUT2D eigenvalue weighted by molar-refractivity contribution is 5.70. The van der Waals surface area contributed by atoms with E-state index in [0.717, 1.165) is 25.7 Å². The van der Waals surface area contributed by atoms with Gasteiger partial charge in [-0.05, 0) is 31.6 Å². The van der Waals surface area contributed by atoms with E-state index in [1.54, 1.807) is 0 Å². The van der Waals surface area contributed by atoms with Crippen molar-refractivity contribution in [1.29, 1.82) is 0 Å². The van der Waals surface area contributed by atoms with Crippen molar-refractivity contribution in [3.63, 3.8) is 0 Å². The molecule has 0 saturated heterocycles. The molecule has 1 rings (SSSR count). The number of aliphatic hydroxyl groups is 1. The van der Waals surface area contributed by atoms with Gasteiger partial charge in [-0.15, -0.1) is 0 Å². The Bertz CT molecular complexity index is 229. The lowest BCUT2D eigenvalue weighted by atomic mass is 9.77. The van der Waals surface area contributed by atoms with Crippen molar-refractivity contribution in [2.45, 2.75) is 64.4 Å². The van der Waals surface area contributed by atoms with Crippen LogP contribution in [0.4, 0.5) is 0 Å². The summed E-state index contributed by atoms with van der Waals surface area (Å²) in [5.74, 6) is -0.774. The molecule has 16 heavy (non-hydrogen) atoms.